The summed E-state index contributed by atoms with van der Waals surface area (Å²) in [5.74, 6) is -0.651. The van der Waals surface area contributed by atoms with Gasteiger partial charge in [0.15, 0.2) is 0 Å². The summed E-state index contributed by atoms with van der Waals surface area (Å²) in [5, 5.41) is 0. The van der Waals surface area contributed by atoms with Crippen LogP contribution in [0.5, 0.6) is 0 Å². The third kappa shape index (κ3) is 3.50. The number of pyridine rings is 1. The van der Waals surface area contributed by atoms with Crippen molar-refractivity contribution in [1.82, 2.24) is 19.7 Å². The van der Waals surface area contributed by atoms with Crippen LogP contribution < -0.4 is 4.72 Å². The molecule has 0 aliphatic heterocycles. The van der Waals surface area contributed by atoms with Gasteiger partial charge in [-0.15, -0.1) is 0 Å². The Morgan fingerprint density at radius 2 is 1.76 bits per heavy atom. The highest BCUT2D eigenvalue weighted by atomic mass is 32.2. The number of nitrogens with one attached hydrogen (secondary N) is 2. The van der Waals surface area contributed by atoms with Crippen molar-refractivity contribution in [3.8, 4) is 22.5 Å². The lowest BCUT2D eigenvalue weighted by Crippen LogP contribution is -2.18. The number of hydrogen-bond donors (Lipinski definition) is 2. The number of benzene rings is 2. The monoisotopic (exact) mass is 414 g/mol. The molecule has 0 fully saturated rings. The lowest BCUT2D eigenvalue weighted by molar-refractivity contribution is 0.582. The summed E-state index contributed by atoms with van der Waals surface area (Å²) >= 11 is 0. The third-order valence-electron chi connectivity index (χ3n) is 4.65. The van der Waals surface area contributed by atoms with Crippen molar-refractivity contribution in [1.29, 1.82) is 0 Å². The molecule has 0 aliphatic rings. The summed E-state index contributed by atoms with van der Waals surface area (Å²) in [5.41, 5.74) is 3.00. The van der Waals surface area contributed by atoms with Crippen LogP contribution in [0.4, 0.5) is 8.78 Å². The molecular formula is C20H16F2N4O2S. The summed E-state index contributed by atoms with van der Waals surface area (Å²) in [6.45, 7) is 1.68. The number of imidazole rings is 1. The van der Waals surface area contributed by atoms with Crippen molar-refractivity contribution in [3.05, 3.63) is 66.0 Å². The Kier molecular flexibility index (Phi) is 4.64. The van der Waals surface area contributed by atoms with Crippen molar-refractivity contribution in [2.24, 2.45) is 0 Å². The predicted octanol–water partition coefficient (Wildman–Crippen LogP) is 3.79. The highest BCUT2D eigenvalue weighted by molar-refractivity contribution is 7.89. The standard InChI is InChI=1S/C20H16F2N4O2S/c1-11-7-19(22)24-10-15(11)14-8-17-18(9-16(14)21)26-20(25-17)12-3-5-13(6-4-12)29(27,28)23-2/h3-10,23H,1-2H3,(H,25,26). The van der Waals surface area contributed by atoms with Gasteiger partial charge in [-0.25, -0.2) is 27.5 Å². The molecule has 0 bridgehead atoms. The maximum Gasteiger partial charge on any atom is 0.240 e. The number of fused-ring (bicyclic) bond motifs is 1. The number of aromatic amines is 1. The molecule has 0 atom stereocenters. The van der Waals surface area contributed by atoms with Gasteiger partial charge in [0.2, 0.25) is 16.0 Å². The third-order valence-corrected chi connectivity index (χ3v) is 6.08. The van der Waals surface area contributed by atoms with E-state index >= 15 is 0 Å². The Morgan fingerprint density at radius 1 is 1.03 bits per heavy atom. The first-order chi connectivity index (χ1) is 13.8. The molecular weight excluding hydrogens is 398 g/mol. The highest BCUT2D eigenvalue weighted by Crippen LogP contribution is 2.30. The van der Waals surface area contributed by atoms with Crippen molar-refractivity contribution in [2.75, 3.05) is 7.05 Å². The van der Waals surface area contributed by atoms with E-state index in [4.69, 9.17) is 0 Å². The van der Waals surface area contributed by atoms with Crippen molar-refractivity contribution in [3.63, 3.8) is 0 Å². The fourth-order valence-corrected chi connectivity index (χ4v) is 3.82. The molecule has 0 radical (unpaired) electrons. The Hall–Kier alpha value is -3.17. The van der Waals surface area contributed by atoms with E-state index in [1.807, 2.05) is 0 Å². The lowest BCUT2D eigenvalue weighted by atomic mass is 10.0. The van der Waals surface area contributed by atoms with Gasteiger partial charge in [0, 0.05) is 29.0 Å². The summed E-state index contributed by atoms with van der Waals surface area (Å²) in [6, 6.07) is 10.3. The first kappa shape index (κ1) is 19.2. The topological polar surface area (TPSA) is 87.7 Å². The smallest absolute Gasteiger partial charge is 0.240 e. The van der Waals surface area contributed by atoms with Crippen LogP contribution in [0.25, 0.3) is 33.5 Å². The first-order valence-corrected chi connectivity index (χ1v) is 10.1. The SMILES string of the molecule is CNS(=O)(=O)c1ccc(-c2nc3cc(F)c(-c4cnc(F)cc4C)cc3[nH]2)cc1. The first-order valence-electron chi connectivity index (χ1n) is 8.64. The van der Waals surface area contributed by atoms with E-state index in [0.29, 0.717) is 33.5 Å². The summed E-state index contributed by atoms with van der Waals surface area (Å²) in [6.07, 6.45) is 1.30. The van der Waals surface area contributed by atoms with Gasteiger partial charge < -0.3 is 4.98 Å². The predicted molar refractivity (Wildman–Crippen MR) is 106 cm³/mol. The Morgan fingerprint density at radius 3 is 2.41 bits per heavy atom. The molecule has 2 N–H and O–H groups in total. The minimum absolute atomic E-state index is 0.132. The highest BCUT2D eigenvalue weighted by Gasteiger charge is 2.15. The van der Waals surface area contributed by atoms with Gasteiger partial charge in [-0.1, -0.05) is 0 Å². The van der Waals surface area contributed by atoms with Crippen LogP contribution in [-0.4, -0.2) is 30.4 Å². The molecule has 29 heavy (non-hydrogen) atoms. The van der Waals surface area contributed by atoms with Crippen LogP contribution in [0.15, 0.2) is 53.6 Å². The van der Waals surface area contributed by atoms with E-state index < -0.39 is 21.8 Å². The summed E-state index contributed by atoms with van der Waals surface area (Å²) in [7, 11) is -2.19. The van der Waals surface area contributed by atoms with Gasteiger partial charge in [-0.3, -0.25) is 0 Å². The zero-order chi connectivity index (χ0) is 20.8. The van der Waals surface area contributed by atoms with Crippen LogP contribution >= 0.6 is 0 Å². The normalized spacial score (nSPS) is 11.9. The minimum atomic E-state index is -3.53. The van der Waals surface area contributed by atoms with E-state index in [9.17, 15) is 17.2 Å². The van der Waals surface area contributed by atoms with E-state index in [0.717, 1.165) is 0 Å². The number of sulfonamides is 1. The Bertz CT molecular complexity index is 1330. The fraction of sp³-hybridized carbons (Fsp3) is 0.100. The molecule has 4 rings (SSSR count). The average Bonchev–Trinajstić information content (AvgIpc) is 3.10. The van der Waals surface area contributed by atoms with Crippen LogP contribution in [0.3, 0.4) is 0 Å². The van der Waals surface area contributed by atoms with Gasteiger partial charge in [-0.05, 0) is 55.9 Å². The molecule has 2 heterocycles. The second-order valence-corrected chi connectivity index (χ2v) is 8.38. The second-order valence-electron chi connectivity index (χ2n) is 6.49. The minimum Gasteiger partial charge on any atom is -0.338 e. The lowest BCUT2D eigenvalue weighted by Gasteiger charge is -2.07. The molecule has 9 heteroatoms. The van der Waals surface area contributed by atoms with Crippen molar-refractivity contribution < 1.29 is 17.2 Å². The van der Waals surface area contributed by atoms with E-state index in [1.54, 1.807) is 25.1 Å². The van der Waals surface area contributed by atoms with Crippen molar-refractivity contribution in [2.45, 2.75) is 11.8 Å². The number of halogens is 2. The molecule has 0 saturated heterocycles. The number of rotatable bonds is 4. The number of H-pyrrole nitrogens is 1. The molecule has 2 aromatic carbocycles. The molecule has 0 aliphatic carbocycles. The second kappa shape index (κ2) is 7.02. The quantitative estimate of drug-likeness (QED) is 0.498. The van der Waals surface area contributed by atoms with Gasteiger partial charge in [0.05, 0.1) is 15.9 Å². The van der Waals surface area contributed by atoms with Crippen LogP contribution in [0, 0.1) is 18.7 Å². The Balaban J connectivity index is 1.77. The molecule has 2 aromatic heterocycles. The van der Waals surface area contributed by atoms with E-state index in [2.05, 4.69) is 19.7 Å². The molecule has 148 valence electrons. The summed E-state index contributed by atoms with van der Waals surface area (Å²) < 4.78 is 53.9. The Labute approximate surface area is 165 Å². The number of nitrogens with zero attached hydrogens (tertiary/aromatic N) is 2. The van der Waals surface area contributed by atoms with Gasteiger partial charge in [-0.2, -0.15) is 4.39 Å². The molecule has 0 unspecified atom stereocenters. The molecule has 0 amide bonds. The maximum absolute atomic E-state index is 14.7. The van der Waals surface area contributed by atoms with Gasteiger partial charge in [0.1, 0.15) is 11.6 Å². The fourth-order valence-electron chi connectivity index (χ4n) is 3.09. The van der Waals surface area contributed by atoms with Crippen LogP contribution in [0.1, 0.15) is 5.56 Å². The van der Waals surface area contributed by atoms with E-state index in [1.165, 1.54) is 37.5 Å². The average molecular weight is 414 g/mol. The van der Waals surface area contributed by atoms with Crippen LogP contribution in [0.2, 0.25) is 0 Å². The largest absolute Gasteiger partial charge is 0.338 e. The van der Waals surface area contributed by atoms with Crippen molar-refractivity contribution >= 4 is 21.1 Å². The number of aryl methyl sites for hydroxylation is 1. The van der Waals surface area contributed by atoms with Gasteiger partial charge >= 0.3 is 0 Å². The number of aromatic nitrogens is 3. The summed E-state index contributed by atoms with van der Waals surface area (Å²) in [4.78, 5) is 11.2. The molecule has 0 saturated carbocycles. The number of hydrogen-bond acceptors (Lipinski definition) is 4. The van der Waals surface area contributed by atoms with Gasteiger partial charge in [0.25, 0.3) is 0 Å². The maximum atomic E-state index is 14.7. The molecule has 6 nitrogen and oxygen atoms in total. The zero-order valence-corrected chi connectivity index (χ0v) is 16.3. The molecule has 0 spiro atoms. The van der Waals surface area contributed by atoms with Crippen LogP contribution in [-0.2, 0) is 10.0 Å². The zero-order valence-electron chi connectivity index (χ0n) is 15.5. The molecule has 4 aromatic rings. The van der Waals surface area contributed by atoms with E-state index in [-0.39, 0.29) is 10.5 Å².